The van der Waals surface area contributed by atoms with Gasteiger partial charge in [-0.05, 0) is 42.7 Å². The Kier molecular flexibility index (Phi) is 4.74. The van der Waals surface area contributed by atoms with Gasteiger partial charge in [0, 0.05) is 30.7 Å². The highest BCUT2D eigenvalue weighted by atomic mass is 19.1. The third-order valence-corrected chi connectivity index (χ3v) is 5.23. The molecule has 5 heteroatoms. The van der Waals surface area contributed by atoms with E-state index in [4.69, 9.17) is 4.74 Å². The van der Waals surface area contributed by atoms with Crippen molar-refractivity contribution in [1.82, 2.24) is 10.2 Å². The molecule has 26 heavy (non-hydrogen) atoms. The topological polar surface area (TPSA) is 41.6 Å². The lowest BCUT2D eigenvalue weighted by Gasteiger charge is -2.35. The first kappa shape index (κ1) is 17.2. The quantitative estimate of drug-likeness (QED) is 0.921. The number of ether oxygens (including phenoxy) is 1. The van der Waals surface area contributed by atoms with Crippen molar-refractivity contribution in [2.75, 3.05) is 19.7 Å². The Hall–Kier alpha value is -2.24. The Labute approximate surface area is 153 Å². The van der Waals surface area contributed by atoms with Crippen molar-refractivity contribution in [3.63, 3.8) is 0 Å². The van der Waals surface area contributed by atoms with Crippen LogP contribution in [-0.4, -0.2) is 42.6 Å². The maximum atomic E-state index is 13.5. The summed E-state index contributed by atoms with van der Waals surface area (Å²) in [6.07, 6.45) is 0.939. The molecule has 136 valence electrons. The predicted octanol–water partition coefficient (Wildman–Crippen LogP) is 3.08. The van der Waals surface area contributed by atoms with Gasteiger partial charge >= 0.3 is 0 Å². The lowest BCUT2D eigenvalue weighted by atomic mass is 10.1. The van der Waals surface area contributed by atoms with E-state index in [9.17, 15) is 9.18 Å². The first-order valence-electron chi connectivity index (χ1n) is 9.07. The summed E-state index contributed by atoms with van der Waals surface area (Å²) in [6, 6.07) is 15.1. The Morgan fingerprint density at radius 2 is 2.00 bits per heavy atom. The zero-order chi connectivity index (χ0) is 18.1. The van der Waals surface area contributed by atoms with Crippen LogP contribution < -0.4 is 5.32 Å². The van der Waals surface area contributed by atoms with Crippen LogP contribution in [0.5, 0.6) is 0 Å². The van der Waals surface area contributed by atoms with Crippen molar-refractivity contribution >= 4 is 5.91 Å². The third-order valence-electron chi connectivity index (χ3n) is 5.23. The minimum Gasteiger partial charge on any atom is -0.371 e. The van der Waals surface area contributed by atoms with Gasteiger partial charge in [-0.1, -0.05) is 30.3 Å². The largest absolute Gasteiger partial charge is 0.371 e. The number of rotatable bonds is 3. The summed E-state index contributed by atoms with van der Waals surface area (Å²) in [5.41, 5.74) is 2.32. The van der Waals surface area contributed by atoms with Gasteiger partial charge in [0.2, 0.25) is 0 Å². The molecule has 2 saturated heterocycles. The van der Waals surface area contributed by atoms with E-state index < -0.39 is 0 Å². The van der Waals surface area contributed by atoms with Crippen LogP contribution in [0.15, 0.2) is 48.5 Å². The molecule has 1 N–H and O–H groups in total. The average molecular weight is 354 g/mol. The average Bonchev–Trinajstić information content (AvgIpc) is 3.03. The number of carbonyl (C=O) groups excluding carboxylic acids is 1. The molecule has 0 saturated carbocycles. The Morgan fingerprint density at radius 1 is 1.19 bits per heavy atom. The number of amides is 1. The molecule has 3 atom stereocenters. The van der Waals surface area contributed by atoms with Crippen molar-refractivity contribution < 1.29 is 13.9 Å². The van der Waals surface area contributed by atoms with E-state index >= 15 is 0 Å². The van der Waals surface area contributed by atoms with Crippen molar-refractivity contribution in [2.24, 2.45) is 0 Å². The fourth-order valence-corrected chi connectivity index (χ4v) is 3.98. The van der Waals surface area contributed by atoms with Gasteiger partial charge < -0.3 is 10.1 Å². The maximum Gasteiger partial charge on any atom is 0.251 e. The van der Waals surface area contributed by atoms with Gasteiger partial charge in [0.1, 0.15) is 5.82 Å². The lowest BCUT2D eigenvalue weighted by Crippen LogP contribution is -2.43. The molecular formula is C21H23FN2O2. The molecule has 0 unspecified atom stereocenters. The maximum absolute atomic E-state index is 13.5. The van der Waals surface area contributed by atoms with E-state index in [2.05, 4.69) is 22.3 Å². The summed E-state index contributed by atoms with van der Waals surface area (Å²) in [5, 5.41) is 3.06. The number of halogens is 1. The van der Waals surface area contributed by atoms with Gasteiger partial charge in [0.05, 0.1) is 12.7 Å². The van der Waals surface area contributed by atoms with Gasteiger partial charge in [0.15, 0.2) is 0 Å². The molecule has 0 bridgehead atoms. The van der Waals surface area contributed by atoms with E-state index in [1.54, 1.807) is 13.0 Å². The van der Waals surface area contributed by atoms with Gasteiger partial charge in [-0.2, -0.15) is 0 Å². The van der Waals surface area contributed by atoms with Crippen molar-refractivity contribution in [2.45, 2.75) is 31.5 Å². The number of hydrogen-bond acceptors (Lipinski definition) is 3. The molecule has 4 rings (SSSR count). The van der Waals surface area contributed by atoms with Crippen LogP contribution in [0, 0.1) is 12.7 Å². The van der Waals surface area contributed by atoms with Crippen LogP contribution in [0.4, 0.5) is 4.39 Å². The van der Waals surface area contributed by atoms with E-state index in [-0.39, 0.29) is 23.9 Å². The monoisotopic (exact) mass is 354 g/mol. The molecular weight excluding hydrogens is 331 g/mol. The standard InChI is InChI=1S/C21H23FN2O2/c1-14-7-16(9-17(22)8-14)21(25)23-18-10-19-13-26-20(12-24(19)11-18)15-5-3-2-4-6-15/h2-9,18-20H,10-13H2,1H3,(H,23,25)/t18-,19-,20+/m0/s1. The fourth-order valence-electron chi connectivity index (χ4n) is 3.98. The summed E-state index contributed by atoms with van der Waals surface area (Å²) in [4.78, 5) is 14.9. The number of hydrogen-bond donors (Lipinski definition) is 1. The number of fused-ring (bicyclic) bond motifs is 1. The highest BCUT2D eigenvalue weighted by Gasteiger charge is 2.38. The lowest BCUT2D eigenvalue weighted by molar-refractivity contribution is -0.0502. The van der Waals surface area contributed by atoms with E-state index in [1.165, 1.54) is 17.7 Å². The molecule has 0 radical (unpaired) electrons. The second-order valence-electron chi connectivity index (χ2n) is 7.26. The summed E-state index contributed by atoms with van der Waals surface area (Å²) < 4.78 is 19.6. The number of benzene rings is 2. The predicted molar refractivity (Wildman–Crippen MR) is 97.5 cm³/mol. The van der Waals surface area contributed by atoms with Crippen LogP contribution >= 0.6 is 0 Å². The van der Waals surface area contributed by atoms with E-state index in [0.717, 1.165) is 25.1 Å². The molecule has 2 aliphatic rings. The zero-order valence-corrected chi connectivity index (χ0v) is 14.8. The molecule has 0 spiro atoms. The molecule has 2 aromatic carbocycles. The zero-order valence-electron chi connectivity index (χ0n) is 14.8. The minimum atomic E-state index is -0.377. The molecule has 0 aromatic heterocycles. The van der Waals surface area contributed by atoms with Gasteiger partial charge in [0.25, 0.3) is 5.91 Å². The molecule has 2 fully saturated rings. The molecule has 2 aromatic rings. The van der Waals surface area contributed by atoms with Crippen LogP contribution in [0.25, 0.3) is 0 Å². The summed E-state index contributed by atoms with van der Waals surface area (Å²) in [7, 11) is 0. The summed E-state index contributed by atoms with van der Waals surface area (Å²) >= 11 is 0. The van der Waals surface area contributed by atoms with Crippen molar-refractivity contribution in [3.8, 4) is 0 Å². The number of nitrogens with one attached hydrogen (secondary N) is 1. The van der Waals surface area contributed by atoms with Gasteiger partial charge in [-0.25, -0.2) is 4.39 Å². The normalized spacial score (nSPS) is 25.7. The van der Waals surface area contributed by atoms with E-state index in [1.807, 2.05) is 18.2 Å². The highest BCUT2D eigenvalue weighted by Crippen LogP contribution is 2.30. The summed E-state index contributed by atoms with van der Waals surface area (Å²) in [5.74, 6) is -0.587. The van der Waals surface area contributed by atoms with Crippen LogP contribution in [0.3, 0.4) is 0 Å². The van der Waals surface area contributed by atoms with Gasteiger partial charge in [-0.15, -0.1) is 0 Å². The minimum absolute atomic E-state index is 0.0641. The Morgan fingerprint density at radius 3 is 2.77 bits per heavy atom. The molecule has 2 aliphatic heterocycles. The molecule has 0 aliphatic carbocycles. The first-order chi connectivity index (χ1) is 12.6. The number of carbonyl (C=O) groups is 1. The fraction of sp³-hybridized carbons (Fsp3) is 0.381. The van der Waals surface area contributed by atoms with E-state index in [0.29, 0.717) is 18.2 Å². The number of nitrogens with zero attached hydrogens (tertiary/aromatic N) is 1. The van der Waals surface area contributed by atoms with Crippen LogP contribution in [0.1, 0.15) is 34.0 Å². The van der Waals surface area contributed by atoms with Crippen molar-refractivity contribution in [3.05, 3.63) is 71.0 Å². The number of morpholine rings is 1. The summed E-state index contributed by atoms with van der Waals surface area (Å²) in [6.45, 7) is 4.10. The Balaban J connectivity index is 1.38. The first-order valence-corrected chi connectivity index (χ1v) is 9.07. The third kappa shape index (κ3) is 3.64. The number of aryl methyl sites for hydroxylation is 1. The smallest absolute Gasteiger partial charge is 0.251 e. The Bertz CT molecular complexity index is 776. The molecule has 1 amide bonds. The van der Waals surface area contributed by atoms with Gasteiger partial charge in [-0.3, -0.25) is 9.69 Å². The SMILES string of the molecule is Cc1cc(F)cc(C(=O)N[C@H]2C[C@H]3CO[C@@H](c4ccccc4)CN3C2)c1. The molecule has 4 nitrogen and oxygen atoms in total. The second-order valence-corrected chi connectivity index (χ2v) is 7.26. The second kappa shape index (κ2) is 7.17. The highest BCUT2D eigenvalue weighted by molar-refractivity contribution is 5.94. The molecule has 2 heterocycles. The van der Waals surface area contributed by atoms with Crippen molar-refractivity contribution in [1.29, 1.82) is 0 Å². The van der Waals surface area contributed by atoms with Crippen LogP contribution in [-0.2, 0) is 4.74 Å². The van der Waals surface area contributed by atoms with Crippen LogP contribution in [0.2, 0.25) is 0 Å².